The summed E-state index contributed by atoms with van der Waals surface area (Å²) in [6.45, 7) is 5.91. The van der Waals surface area contributed by atoms with Crippen molar-refractivity contribution in [1.29, 1.82) is 0 Å². The molecule has 0 bridgehead atoms. The molecule has 0 radical (unpaired) electrons. The number of nitrogens with zero attached hydrogens (tertiary/aromatic N) is 1. The minimum Gasteiger partial charge on any atom is -0.491 e. The minimum atomic E-state index is 0.229. The van der Waals surface area contributed by atoms with Gasteiger partial charge in [0.2, 0.25) is 0 Å². The average Bonchev–Trinajstić information content (AvgIpc) is 2.89. The molecule has 1 aromatic rings. The van der Waals surface area contributed by atoms with Crippen LogP contribution in [0.15, 0.2) is 24.3 Å². The molecule has 0 saturated heterocycles. The van der Waals surface area contributed by atoms with Crippen molar-refractivity contribution in [2.45, 2.75) is 51.8 Å². The molecule has 3 nitrogen and oxygen atoms in total. The first-order valence-electron chi connectivity index (χ1n) is 7.76. The van der Waals surface area contributed by atoms with Gasteiger partial charge in [0.1, 0.15) is 5.75 Å². The number of benzene rings is 1. The lowest BCUT2D eigenvalue weighted by molar-refractivity contribution is 0.192. The maximum atomic E-state index is 5.88. The Hall–Kier alpha value is -1.06. The average molecular weight is 276 g/mol. The Kier molecular flexibility index (Phi) is 5.44. The second kappa shape index (κ2) is 7.09. The summed E-state index contributed by atoms with van der Waals surface area (Å²) >= 11 is 0. The molecule has 0 heterocycles. The van der Waals surface area contributed by atoms with Crippen molar-refractivity contribution >= 4 is 0 Å². The lowest BCUT2D eigenvalue weighted by atomic mass is 10.0. The molecule has 3 heteroatoms. The molecule has 0 spiro atoms. The maximum Gasteiger partial charge on any atom is 0.119 e. The van der Waals surface area contributed by atoms with Crippen LogP contribution < -0.4 is 10.5 Å². The summed E-state index contributed by atoms with van der Waals surface area (Å²) < 4.78 is 5.68. The van der Waals surface area contributed by atoms with Crippen LogP contribution in [-0.4, -0.2) is 30.6 Å². The Morgan fingerprint density at radius 3 is 2.55 bits per heavy atom. The van der Waals surface area contributed by atoms with E-state index in [9.17, 15) is 0 Å². The van der Waals surface area contributed by atoms with Crippen LogP contribution in [0, 0.1) is 5.92 Å². The molecule has 20 heavy (non-hydrogen) atoms. The first-order chi connectivity index (χ1) is 9.60. The zero-order valence-corrected chi connectivity index (χ0v) is 13.0. The van der Waals surface area contributed by atoms with Gasteiger partial charge in [-0.05, 0) is 63.9 Å². The van der Waals surface area contributed by atoms with Crippen LogP contribution in [-0.2, 0) is 6.54 Å². The monoisotopic (exact) mass is 276 g/mol. The van der Waals surface area contributed by atoms with Gasteiger partial charge in [-0.15, -0.1) is 0 Å². The van der Waals surface area contributed by atoms with Crippen LogP contribution in [0.25, 0.3) is 0 Å². The molecule has 1 saturated carbocycles. The molecule has 1 aliphatic carbocycles. The molecule has 0 amide bonds. The highest BCUT2D eigenvalue weighted by atomic mass is 16.5. The third-order valence-corrected chi connectivity index (χ3v) is 4.21. The highest BCUT2D eigenvalue weighted by molar-refractivity contribution is 5.27. The molecule has 2 unspecified atom stereocenters. The molecular formula is C17H28N2O. The van der Waals surface area contributed by atoms with Crippen molar-refractivity contribution in [3.8, 4) is 5.75 Å². The zero-order valence-electron chi connectivity index (χ0n) is 13.0. The van der Waals surface area contributed by atoms with E-state index < -0.39 is 0 Å². The number of hydrogen-bond donors (Lipinski definition) is 1. The van der Waals surface area contributed by atoms with Gasteiger partial charge in [0, 0.05) is 12.6 Å². The first-order valence-corrected chi connectivity index (χ1v) is 7.76. The number of hydrogen-bond acceptors (Lipinski definition) is 3. The predicted molar refractivity (Wildman–Crippen MR) is 83.9 cm³/mol. The molecule has 2 rings (SSSR count). The second-order valence-electron chi connectivity index (χ2n) is 6.22. The highest BCUT2D eigenvalue weighted by Crippen LogP contribution is 2.29. The third-order valence-electron chi connectivity index (χ3n) is 4.21. The fourth-order valence-electron chi connectivity index (χ4n) is 3.22. The van der Waals surface area contributed by atoms with Crippen molar-refractivity contribution < 1.29 is 4.74 Å². The normalized spacial score (nSPS) is 22.7. The second-order valence-corrected chi connectivity index (χ2v) is 6.22. The number of ether oxygens (including phenoxy) is 1. The maximum absolute atomic E-state index is 5.88. The SMILES string of the molecule is CC(C)Oc1ccc(CN(C)C2CCCC2CN)cc1. The molecule has 1 aliphatic rings. The lowest BCUT2D eigenvalue weighted by Gasteiger charge is -2.29. The first kappa shape index (κ1) is 15.3. The summed E-state index contributed by atoms with van der Waals surface area (Å²) in [5, 5.41) is 0. The minimum absolute atomic E-state index is 0.229. The number of rotatable bonds is 6. The fourth-order valence-corrected chi connectivity index (χ4v) is 3.22. The molecule has 112 valence electrons. The standard InChI is InChI=1S/C17H28N2O/c1-13(2)20-16-9-7-14(8-10-16)12-19(3)17-6-4-5-15(17)11-18/h7-10,13,15,17H,4-6,11-12,18H2,1-3H3. The highest BCUT2D eigenvalue weighted by Gasteiger charge is 2.29. The van der Waals surface area contributed by atoms with Crippen molar-refractivity contribution in [3.63, 3.8) is 0 Å². The zero-order chi connectivity index (χ0) is 14.5. The van der Waals surface area contributed by atoms with Crippen molar-refractivity contribution in [2.75, 3.05) is 13.6 Å². The van der Waals surface area contributed by atoms with Gasteiger partial charge in [-0.1, -0.05) is 18.6 Å². The fraction of sp³-hybridized carbons (Fsp3) is 0.647. The quantitative estimate of drug-likeness (QED) is 0.868. The Labute approximate surface area is 123 Å². The Morgan fingerprint density at radius 2 is 1.95 bits per heavy atom. The predicted octanol–water partition coefficient (Wildman–Crippen LogP) is 3.03. The molecule has 1 aromatic carbocycles. The third kappa shape index (κ3) is 3.97. The van der Waals surface area contributed by atoms with Crippen molar-refractivity contribution in [3.05, 3.63) is 29.8 Å². The van der Waals surface area contributed by atoms with Gasteiger partial charge in [0.15, 0.2) is 0 Å². The van der Waals surface area contributed by atoms with Gasteiger partial charge in [-0.25, -0.2) is 0 Å². The summed E-state index contributed by atoms with van der Waals surface area (Å²) in [6, 6.07) is 9.11. The number of nitrogens with two attached hydrogens (primary N) is 1. The van der Waals surface area contributed by atoms with Gasteiger partial charge >= 0.3 is 0 Å². The summed E-state index contributed by atoms with van der Waals surface area (Å²) in [7, 11) is 2.22. The molecule has 0 aliphatic heterocycles. The van der Waals surface area contributed by atoms with Crippen LogP contribution >= 0.6 is 0 Å². The van der Waals surface area contributed by atoms with E-state index in [1.54, 1.807) is 0 Å². The van der Waals surface area contributed by atoms with Crippen LogP contribution in [0.4, 0.5) is 0 Å². The summed E-state index contributed by atoms with van der Waals surface area (Å²) in [5.41, 5.74) is 7.22. The molecule has 2 atom stereocenters. The largest absolute Gasteiger partial charge is 0.491 e. The van der Waals surface area contributed by atoms with E-state index in [1.165, 1.54) is 24.8 Å². The van der Waals surface area contributed by atoms with Crippen LogP contribution in [0.5, 0.6) is 5.75 Å². The van der Waals surface area contributed by atoms with Gasteiger partial charge in [-0.2, -0.15) is 0 Å². The van der Waals surface area contributed by atoms with E-state index in [0.29, 0.717) is 12.0 Å². The smallest absolute Gasteiger partial charge is 0.119 e. The Morgan fingerprint density at radius 1 is 1.25 bits per heavy atom. The van der Waals surface area contributed by atoms with Crippen LogP contribution in [0.3, 0.4) is 0 Å². The van der Waals surface area contributed by atoms with E-state index >= 15 is 0 Å². The molecular weight excluding hydrogens is 248 g/mol. The lowest BCUT2D eigenvalue weighted by Crippen LogP contribution is -2.37. The topological polar surface area (TPSA) is 38.5 Å². The van der Waals surface area contributed by atoms with E-state index in [2.05, 4.69) is 50.1 Å². The van der Waals surface area contributed by atoms with Crippen molar-refractivity contribution in [2.24, 2.45) is 11.7 Å². The summed E-state index contributed by atoms with van der Waals surface area (Å²) in [6.07, 6.45) is 4.12. The van der Waals surface area contributed by atoms with Gasteiger partial charge in [0.25, 0.3) is 0 Å². The van der Waals surface area contributed by atoms with Crippen LogP contribution in [0.1, 0.15) is 38.7 Å². The Bertz CT molecular complexity index is 402. The summed E-state index contributed by atoms with van der Waals surface area (Å²) in [4.78, 5) is 2.46. The van der Waals surface area contributed by atoms with E-state index in [0.717, 1.165) is 18.8 Å². The van der Waals surface area contributed by atoms with Gasteiger partial charge < -0.3 is 10.5 Å². The Balaban J connectivity index is 1.92. The molecule has 0 aromatic heterocycles. The van der Waals surface area contributed by atoms with E-state index in [4.69, 9.17) is 10.5 Å². The van der Waals surface area contributed by atoms with E-state index in [1.807, 2.05) is 0 Å². The van der Waals surface area contributed by atoms with Gasteiger partial charge in [-0.3, -0.25) is 4.90 Å². The van der Waals surface area contributed by atoms with Crippen molar-refractivity contribution in [1.82, 2.24) is 4.90 Å². The summed E-state index contributed by atoms with van der Waals surface area (Å²) in [5.74, 6) is 1.62. The van der Waals surface area contributed by atoms with Gasteiger partial charge in [0.05, 0.1) is 6.10 Å². The molecule has 2 N–H and O–H groups in total. The van der Waals surface area contributed by atoms with Crippen LogP contribution in [0.2, 0.25) is 0 Å². The van der Waals surface area contributed by atoms with E-state index in [-0.39, 0.29) is 6.10 Å². The molecule has 1 fully saturated rings.